The fourth-order valence-electron chi connectivity index (χ4n) is 4.26. The lowest BCUT2D eigenvalue weighted by Crippen LogP contribution is -2.48. The average Bonchev–Trinajstić information content (AvgIpc) is 3.20. The predicted octanol–water partition coefficient (Wildman–Crippen LogP) is 3.64. The van der Waals surface area contributed by atoms with Crippen molar-refractivity contribution in [1.82, 2.24) is 14.4 Å². The number of rotatable bonds is 4. The smallest absolute Gasteiger partial charge is 0.216 e. The zero-order valence-corrected chi connectivity index (χ0v) is 19.4. The van der Waals surface area contributed by atoms with Gasteiger partial charge in [0.2, 0.25) is 12.4 Å². The second-order valence-electron chi connectivity index (χ2n) is 8.67. The molecule has 1 aromatic heterocycles. The summed E-state index contributed by atoms with van der Waals surface area (Å²) >= 11 is 0. The summed E-state index contributed by atoms with van der Waals surface area (Å²) in [7, 11) is 3.75. The van der Waals surface area contributed by atoms with Crippen LogP contribution in [0.5, 0.6) is 5.75 Å². The quantitative estimate of drug-likeness (QED) is 0.278. The van der Waals surface area contributed by atoms with E-state index in [0.717, 1.165) is 65.6 Å². The minimum absolute atomic E-state index is 0.176. The van der Waals surface area contributed by atoms with Crippen LogP contribution in [0.2, 0.25) is 0 Å². The number of nitrogens with zero attached hydrogens (tertiary/aromatic N) is 4. The molecule has 1 aliphatic rings. The van der Waals surface area contributed by atoms with E-state index in [-0.39, 0.29) is 11.8 Å². The lowest BCUT2D eigenvalue weighted by Gasteiger charge is -2.34. The maximum atomic E-state index is 11.7. The molecule has 0 saturated carbocycles. The van der Waals surface area contributed by atoms with Crippen molar-refractivity contribution in [2.45, 2.75) is 25.8 Å². The number of fused-ring (bicyclic) bond motifs is 1. The van der Waals surface area contributed by atoms with Gasteiger partial charge in [0.1, 0.15) is 5.75 Å². The zero-order valence-electron chi connectivity index (χ0n) is 19.4. The third-order valence-corrected chi connectivity index (χ3v) is 6.32. The first-order valence-electron chi connectivity index (χ1n) is 11.2. The number of hydrogen-bond donors (Lipinski definition) is 2. The van der Waals surface area contributed by atoms with Gasteiger partial charge in [-0.2, -0.15) is 0 Å². The summed E-state index contributed by atoms with van der Waals surface area (Å²) in [5.74, 6) is 0.792. The van der Waals surface area contributed by atoms with Crippen molar-refractivity contribution in [3.05, 3.63) is 65.9 Å². The van der Waals surface area contributed by atoms with E-state index in [2.05, 4.69) is 33.7 Å². The third-order valence-electron chi connectivity index (χ3n) is 6.32. The molecule has 172 valence electrons. The van der Waals surface area contributed by atoms with Crippen LogP contribution in [0.4, 0.5) is 0 Å². The van der Waals surface area contributed by atoms with Gasteiger partial charge in [-0.05, 0) is 73.4 Å². The molecule has 7 heteroatoms. The number of amides is 1. The molecular formula is C26H31N5O2. The molecule has 1 fully saturated rings. The number of carbonyl (C=O) groups is 1. The van der Waals surface area contributed by atoms with Gasteiger partial charge in [-0.1, -0.05) is 6.07 Å². The van der Waals surface area contributed by atoms with Crippen LogP contribution in [0, 0.1) is 0 Å². The molecule has 2 heterocycles. The maximum Gasteiger partial charge on any atom is 0.216 e. The standard InChI is InChI=1S/C26H31N5O2/c1-18(20-6-9-24-21(16-20)10-13-29(24)2)25(19-4-7-23(33)8-5-19)28-26(30(3)17-32)31-14-11-22(27)12-15-31/h4-10,13,16-17,22,33H,11-12,14-15,27H2,1-3H3/b25-18+,28-26+. The summed E-state index contributed by atoms with van der Waals surface area (Å²) in [6.45, 7) is 3.53. The van der Waals surface area contributed by atoms with E-state index >= 15 is 0 Å². The van der Waals surface area contributed by atoms with Gasteiger partial charge in [0.15, 0.2) is 0 Å². The van der Waals surface area contributed by atoms with Crippen LogP contribution in [-0.2, 0) is 11.8 Å². The number of aliphatic imine (C=N–C) groups is 1. The lowest BCUT2D eigenvalue weighted by atomic mass is 9.99. The summed E-state index contributed by atoms with van der Waals surface area (Å²) < 4.78 is 2.09. The zero-order chi connectivity index (χ0) is 23.5. The van der Waals surface area contributed by atoms with E-state index in [1.165, 1.54) is 4.90 Å². The van der Waals surface area contributed by atoms with E-state index in [9.17, 15) is 9.90 Å². The Balaban J connectivity index is 1.87. The van der Waals surface area contributed by atoms with Crippen molar-refractivity contribution in [2.75, 3.05) is 20.1 Å². The molecule has 0 atom stereocenters. The van der Waals surface area contributed by atoms with Crippen molar-refractivity contribution < 1.29 is 9.90 Å². The molecule has 3 N–H and O–H groups in total. The second-order valence-corrected chi connectivity index (χ2v) is 8.67. The van der Waals surface area contributed by atoms with Crippen molar-refractivity contribution in [3.8, 4) is 5.75 Å². The number of aromatic nitrogens is 1. The van der Waals surface area contributed by atoms with Crippen LogP contribution in [0.15, 0.2) is 59.7 Å². The second kappa shape index (κ2) is 9.50. The van der Waals surface area contributed by atoms with Gasteiger partial charge < -0.3 is 20.3 Å². The first-order valence-corrected chi connectivity index (χ1v) is 11.2. The van der Waals surface area contributed by atoms with Crippen LogP contribution >= 0.6 is 0 Å². The number of nitrogens with two attached hydrogens (primary N) is 1. The molecule has 0 spiro atoms. The first-order chi connectivity index (χ1) is 15.9. The predicted molar refractivity (Wildman–Crippen MR) is 134 cm³/mol. The topological polar surface area (TPSA) is 87.1 Å². The minimum atomic E-state index is 0.176. The van der Waals surface area contributed by atoms with E-state index in [1.807, 2.05) is 32.3 Å². The molecule has 0 radical (unpaired) electrons. The van der Waals surface area contributed by atoms with Gasteiger partial charge in [0.05, 0.1) is 5.70 Å². The molecular weight excluding hydrogens is 414 g/mol. The van der Waals surface area contributed by atoms with Crippen molar-refractivity contribution in [3.63, 3.8) is 0 Å². The summed E-state index contributed by atoms with van der Waals surface area (Å²) in [6, 6.07) is 15.6. The van der Waals surface area contributed by atoms with Gasteiger partial charge >= 0.3 is 0 Å². The molecule has 33 heavy (non-hydrogen) atoms. The van der Waals surface area contributed by atoms with Crippen LogP contribution in [0.3, 0.4) is 0 Å². The van der Waals surface area contributed by atoms with Gasteiger partial charge in [0, 0.05) is 55.9 Å². The summed E-state index contributed by atoms with van der Waals surface area (Å²) in [4.78, 5) is 20.4. The SMILES string of the molecule is C/C(=C(\N=C(/N(C)C=O)N1CCC(N)CC1)c1ccc(O)cc1)c1ccc2c(ccn2C)c1. The molecule has 7 nitrogen and oxygen atoms in total. The highest BCUT2D eigenvalue weighted by atomic mass is 16.3. The lowest BCUT2D eigenvalue weighted by molar-refractivity contribution is -0.114. The highest BCUT2D eigenvalue weighted by Gasteiger charge is 2.23. The van der Waals surface area contributed by atoms with Crippen molar-refractivity contribution >= 4 is 34.5 Å². The van der Waals surface area contributed by atoms with Crippen LogP contribution < -0.4 is 5.73 Å². The molecule has 0 unspecified atom stereocenters. The van der Waals surface area contributed by atoms with E-state index in [1.54, 1.807) is 19.2 Å². The molecule has 3 aromatic rings. The molecule has 0 aliphatic carbocycles. The molecule has 2 aromatic carbocycles. The van der Waals surface area contributed by atoms with Crippen molar-refractivity contribution in [1.29, 1.82) is 0 Å². The Labute approximate surface area is 194 Å². The normalized spacial score (nSPS) is 16.1. The number of guanidine groups is 1. The highest BCUT2D eigenvalue weighted by molar-refractivity contribution is 5.99. The number of benzene rings is 2. The number of piperidine rings is 1. The average molecular weight is 446 g/mol. The number of phenolic OH excluding ortho intramolecular Hbond substituents is 1. The van der Waals surface area contributed by atoms with Gasteiger partial charge in [-0.15, -0.1) is 0 Å². The fourth-order valence-corrected chi connectivity index (χ4v) is 4.26. The number of phenols is 1. The van der Waals surface area contributed by atoms with Gasteiger partial charge in [-0.3, -0.25) is 9.69 Å². The summed E-state index contributed by atoms with van der Waals surface area (Å²) in [5.41, 5.74) is 10.9. The Morgan fingerprint density at radius 1 is 1.12 bits per heavy atom. The number of hydrogen-bond acceptors (Lipinski definition) is 4. The Morgan fingerprint density at radius 3 is 2.45 bits per heavy atom. The van der Waals surface area contributed by atoms with Crippen LogP contribution in [-0.4, -0.2) is 58.0 Å². The summed E-state index contributed by atoms with van der Waals surface area (Å²) in [6.07, 6.45) is 4.54. The Kier molecular flexibility index (Phi) is 6.51. The van der Waals surface area contributed by atoms with Crippen LogP contribution in [0.1, 0.15) is 30.9 Å². The fraction of sp³-hybridized carbons (Fsp3) is 0.308. The van der Waals surface area contributed by atoms with Crippen LogP contribution in [0.25, 0.3) is 22.2 Å². The first kappa shape index (κ1) is 22.6. The minimum Gasteiger partial charge on any atom is -0.508 e. The number of carbonyl (C=O) groups excluding carboxylic acids is 1. The Hall–Kier alpha value is -3.58. The van der Waals surface area contributed by atoms with Crippen molar-refractivity contribution in [2.24, 2.45) is 17.8 Å². The largest absolute Gasteiger partial charge is 0.508 e. The number of aryl methyl sites for hydroxylation is 1. The highest BCUT2D eigenvalue weighted by Crippen LogP contribution is 2.31. The molecule has 0 bridgehead atoms. The Morgan fingerprint density at radius 2 is 1.79 bits per heavy atom. The van der Waals surface area contributed by atoms with Gasteiger partial charge in [-0.25, -0.2) is 4.99 Å². The molecule has 1 saturated heterocycles. The van der Waals surface area contributed by atoms with Gasteiger partial charge in [0.25, 0.3) is 0 Å². The molecule has 1 amide bonds. The monoisotopic (exact) mass is 445 g/mol. The molecule has 1 aliphatic heterocycles. The van der Waals surface area contributed by atoms with E-state index in [0.29, 0.717) is 5.96 Å². The Bertz CT molecular complexity index is 1200. The number of likely N-dealkylation sites (tertiary alicyclic amines) is 1. The molecule has 4 rings (SSSR count). The summed E-state index contributed by atoms with van der Waals surface area (Å²) in [5, 5.41) is 11.0. The van der Waals surface area contributed by atoms with E-state index in [4.69, 9.17) is 10.7 Å². The maximum absolute atomic E-state index is 11.7. The number of aromatic hydroxyl groups is 1. The van der Waals surface area contributed by atoms with E-state index < -0.39 is 0 Å². The third kappa shape index (κ3) is 4.78. The number of allylic oxidation sites excluding steroid dienone is 1.